The molecule has 0 fully saturated rings. The van der Waals surface area contributed by atoms with Crippen LogP contribution in [-0.4, -0.2) is 47.0 Å². The summed E-state index contributed by atoms with van der Waals surface area (Å²) in [7, 11) is 1.55. The van der Waals surface area contributed by atoms with Gasteiger partial charge in [0, 0.05) is 19.3 Å². The number of Topliss-reactive ketones (excluding diaryl/α,β-unsaturated/α-hetero) is 1. The van der Waals surface area contributed by atoms with E-state index in [1.807, 2.05) is 14.1 Å². The number of ketones is 1. The minimum Gasteiger partial charge on any atom is -0.300 e. The van der Waals surface area contributed by atoms with Crippen molar-refractivity contribution in [2.24, 2.45) is 0 Å². The molecular weight excluding hydrogens is 350 g/mol. The Morgan fingerprint density at radius 3 is 1.69 bits per heavy atom. The van der Waals surface area contributed by atoms with Gasteiger partial charge < -0.3 is 0 Å². The molecule has 0 saturated heterocycles. The van der Waals surface area contributed by atoms with Crippen LogP contribution in [0.2, 0.25) is 39.3 Å². The molecule has 148 valence electrons. The van der Waals surface area contributed by atoms with Crippen LogP contribution in [0.15, 0.2) is 0 Å². The molecule has 0 N–H and O–H groups in total. The molecule has 0 aromatic rings. The van der Waals surface area contributed by atoms with Gasteiger partial charge in [0.05, 0.1) is 6.04 Å². The number of carbonyl (C=O) groups is 1. The number of rotatable bonds is 10. The smallest absolute Gasteiger partial charge is 0.149 e. The van der Waals surface area contributed by atoms with Gasteiger partial charge in [0.1, 0.15) is 21.9 Å². The molecule has 0 saturated carbocycles. The van der Waals surface area contributed by atoms with Crippen LogP contribution in [0, 0.1) is 22.9 Å². The molecular formula is C22H41NOSi2. The van der Waals surface area contributed by atoms with Crippen LogP contribution < -0.4 is 0 Å². The summed E-state index contributed by atoms with van der Waals surface area (Å²) < 4.78 is 0. The predicted octanol–water partition coefficient (Wildman–Crippen LogP) is 5.37. The average Bonchev–Trinajstić information content (AvgIpc) is 2.47. The number of carbonyl (C=O) groups excluding carboxylic acids is 1. The van der Waals surface area contributed by atoms with Crippen LogP contribution >= 0.6 is 0 Å². The molecule has 26 heavy (non-hydrogen) atoms. The summed E-state index contributed by atoms with van der Waals surface area (Å²) in [6, 6.07) is 0.0630. The highest BCUT2D eigenvalue weighted by Gasteiger charge is 2.19. The Morgan fingerprint density at radius 1 is 0.808 bits per heavy atom. The van der Waals surface area contributed by atoms with E-state index in [0.717, 1.165) is 44.9 Å². The first-order chi connectivity index (χ1) is 11.9. The van der Waals surface area contributed by atoms with E-state index >= 15 is 0 Å². The van der Waals surface area contributed by atoms with Crippen LogP contribution in [-0.2, 0) is 4.79 Å². The van der Waals surface area contributed by atoms with Crippen molar-refractivity contribution in [3.8, 4) is 22.9 Å². The topological polar surface area (TPSA) is 20.3 Å². The minimum absolute atomic E-state index is 0.0630. The Hall–Kier alpha value is -0.816. The van der Waals surface area contributed by atoms with Gasteiger partial charge in [-0.15, -0.1) is 22.9 Å². The fourth-order valence-corrected chi connectivity index (χ4v) is 3.90. The van der Waals surface area contributed by atoms with Crippen molar-refractivity contribution in [2.45, 2.75) is 96.7 Å². The van der Waals surface area contributed by atoms with E-state index in [1.54, 1.807) is 0 Å². The minimum atomic E-state index is -1.25. The third-order valence-electron chi connectivity index (χ3n) is 3.93. The van der Waals surface area contributed by atoms with E-state index in [-0.39, 0.29) is 6.04 Å². The fraction of sp³-hybridized carbons (Fsp3) is 0.773. The molecule has 2 nitrogen and oxygen atoms in total. The summed E-state index contributed by atoms with van der Waals surface area (Å²) in [5, 5.41) is 0. The second-order valence-electron chi connectivity index (χ2n) is 9.50. The van der Waals surface area contributed by atoms with Gasteiger partial charge in [-0.1, -0.05) is 45.7 Å². The zero-order chi connectivity index (χ0) is 20.2. The Kier molecular flexibility index (Phi) is 12.2. The maximum atomic E-state index is 12.5. The van der Waals surface area contributed by atoms with Gasteiger partial charge >= 0.3 is 0 Å². The van der Waals surface area contributed by atoms with Gasteiger partial charge in [0.2, 0.25) is 0 Å². The zero-order valence-electron chi connectivity index (χ0n) is 18.6. The van der Waals surface area contributed by atoms with Gasteiger partial charge in [-0.2, -0.15) is 0 Å². The Balaban J connectivity index is 4.13. The maximum absolute atomic E-state index is 12.5. The lowest BCUT2D eigenvalue weighted by Gasteiger charge is -2.23. The first-order valence-electron chi connectivity index (χ1n) is 10.1. The van der Waals surface area contributed by atoms with Gasteiger partial charge in [-0.05, 0) is 39.8 Å². The van der Waals surface area contributed by atoms with Crippen LogP contribution in [0.5, 0.6) is 0 Å². The molecule has 0 radical (unpaired) electrons. The molecule has 0 heterocycles. The summed E-state index contributed by atoms with van der Waals surface area (Å²) >= 11 is 0. The van der Waals surface area contributed by atoms with E-state index in [1.165, 1.54) is 0 Å². The summed E-state index contributed by atoms with van der Waals surface area (Å²) in [4.78, 5) is 14.6. The Bertz CT molecular complexity index is 533. The van der Waals surface area contributed by atoms with Crippen LogP contribution in [0.25, 0.3) is 0 Å². The Labute approximate surface area is 165 Å². The van der Waals surface area contributed by atoms with Crippen molar-refractivity contribution in [1.82, 2.24) is 4.90 Å². The highest BCUT2D eigenvalue weighted by molar-refractivity contribution is 6.84. The van der Waals surface area contributed by atoms with Crippen molar-refractivity contribution in [3.63, 3.8) is 0 Å². The number of hydrogen-bond acceptors (Lipinski definition) is 2. The zero-order valence-corrected chi connectivity index (χ0v) is 20.6. The van der Waals surface area contributed by atoms with E-state index in [9.17, 15) is 4.79 Å². The lowest BCUT2D eigenvalue weighted by molar-refractivity contribution is -0.123. The van der Waals surface area contributed by atoms with Crippen molar-refractivity contribution in [3.05, 3.63) is 0 Å². The lowest BCUT2D eigenvalue weighted by Crippen LogP contribution is -2.35. The third-order valence-corrected chi connectivity index (χ3v) is 5.78. The van der Waals surface area contributed by atoms with Gasteiger partial charge in [0.25, 0.3) is 0 Å². The number of unbranched alkanes of at least 4 members (excludes halogenated alkanes) is 4. The van der Waals surface area contributed by atoms with Gasteiger partial charge in [-0.3, -0.25) is 9.69 Å². The molecule has 0 aromatic heterocycles. The molecule has 0 spiro atoms. The fourth-order valence-electron chi connectivity index (χ4n) is 2.59. The maximum Gasteiger partial charge on any atom is 0.149 e. The molecule has 0 amide bonds. The predicted molar refractivity (Wildman–Crippen MR) is 122 cm³/mol. The first-order valence-corrected chi connectivity index (χ1v) is 17.1. The second-order valence-corrected chi connectivity index (χ2v) is 19.0. The van der Waals surface area contributed by atoms with E-state index in [4.69, 9.17) is 0 Å². The standard InChI is InChI=1S/C22H41NOSi2/c1-23(2)21(17-13-9-11-15-19-25(3,4)5)22(24)18-14-10-12-16-20-26(6,7)8/h21H,9-14,17-18H2,1-8H3. The number of nitrogens with zero attached hydrogens (tertiary/aromatic N) is 1. The summed E-state index contributed by atoms with van der Waals surface area (Å²) in [5.41, 5.74) is 6.80. The SMILES string of the molecule is CN(C)C(CCCCC#C[Si](C)(C)C)C(=O)CCCCC#C[Si](C)(C)C. The molecule has 0 rings (SSSR count). The lowest BCUT2D eigenvalue weighted by atomic mass is 9.99. The quantitative estimate of drug-likeness (QED) is 0.283. The monoisotopic (exact) mass is 391 g/mol. The summed E-state index contributed by atoms with van der Waals surface area (Å²) in [6.07, 6.45) is 7.72. The van der Waals surface area contributed by atoms with Gasteiger partial charge in [0.15, 0.2) is 0 Å². The van der Waals surface area contributed by atoms with Crippen LogP contribution in [0.4, 0.5) is 0 Å². The van der Waals surface area contributed by atoms with Crippen LogP contribution in [0.1, 0.15) is 51.4 Å². The third kappa shape index (κ3) is 15.4. The molecule has 0 aliphatic rings. The molecule has 1 atom stereocenters. The van der Waals surface area contributed by atoms with Crippen molar-refractivity contribution in [1.29, 1.82) is 0 Å². The van der Waals surface area contributed by atoms with Crippen LogP contribution in [0.3, 0.4) is 0 Å². The highest BCUT2D eigenvalue weighted by Crippen LogP contribution is 2.13. The largest absolute Gasteiger partial charge is 0.300 e. The van der Waals surface area contributed by atoms with E-state index < -0.39 is 16.1 Å². The van der Waals surface area contributed by atoms with Crippen molar-refractivity contribution >= 4 is 21.9 Å². The van der Waals surface area contributed by atoms with Crippen molar-refractivity contribution in [2.75, 3.05) is 14.1 Å². The van der Waals surface area contributed by atoms with E-state index in [2.05, 4.69) is 67.1 Å². The molecule has 1 unspecified atom stereocenters. The first kappa shape index (κ1) is 25.2. The summed E-state index contributed by atoms with van der Waals surface area (Å²) in [6.45, 7) is 13.6. The average molecular weight is 392 g/mol. The number of likely N-dealkylation sites (N-methyl/N-ethyl adjacent to an activating group) is 1. The molecule has 0 aliphatic heterocycles. The van der Waals surface area contributed by atoms with E-state index in [0.29, 0.717) is 12.2 Å². The van der Waals surface area contributed by atoms with Gasteiger partial charge in [-0.25, -0.2) is 0 Å². The second kappa shape index (κ2) is 12.5. The highest BCUT2D eigenvalue weighted by atomic mass is 28.3. The van der Waals surface area contributed by atoms with Crippen molar-refractivity contribution < 1.29 is 4.79 Å². The normalized spacial score (nSPS) is 12.8. The molecule has 0 aromatic carbocycles. The Morgan fingerprint density at radius 2 is 1.27 bits per heavy atom. The number of hydrogen-bond donors (Lipinski definition) is 0. The molecule has 0 bridgehead atoms. The molecule has 0 aliphatic carbocycles. The molecule has 4 heteroatoms. The summed E-state index contributed by atoms with van der Waals surface area (Å²) in [5.74, 6) is 7.01.